The number of hydrogen-bond acceptors (Lipinski definition) is 2. The van der Waals surface area contributed by atoms with Crippen LogP contribution >= 0.6 is 0 Å². The summed E-state index contributed by atoms with van der Waals surface area (Å²) in [5.74, 6) is -0.434. The van der Waals surface area contributed by atoms with Crippen molar-refractivity contribution < 1.29 is 4.79 Å². The molecule has 1 aromatic carbocycles. The maximum atomic E-state index is 11.4. The number of hydrogen-bond donors (Lipinski definition) is 1. The summed E-state index contributed by atoms with van der Waals surface area (Å²) in [5, 5.41) is 1.07. The van der Waals surface area contributed by atoms with Gasteiger partial charge in [-0.05, 0) is 24.3 Å². The van der Waals surface area contributed by atoms with Crippen LogP contribution in [0.25, 0.3) is 16.6 Å². The van der Waals surface area contributed by atoms with E-state index in [1.807, 2.05) is 35.0 Å². The molecule has 1 amide bonds. The Morgan fingerprint density at radius 2 is 2.00 bits per heavy atom. The van der Waals surface area contributed by atoms with E-state index in [-0.39, 0.29) is 0 Å². The summed E-state index contributed by atoms with van der Waals surface area (Å²) < 4.78 is 1.92. The van der Waals surface area contributed by atoms with Gasteiger partial charge in [-0.1, -0.05) is 12.1 Å². The summed E-state index contributed by atoms with van der Waals surface area (Å²) >= 11 is 0. The monoisotopic (exact) mass is 237 g/mol. The molecule has 0 aliphatic carbocycles. The molecule has 0 fully saturated rings. The molecule has 4 heteroatoms. The number of benzene rings is 1. The molecule has 4 nitrogen and oxygen atoms in total. The number of pyridine rings is 1. The Balaban J connectivity index is 2.30. The number of primary amides is 1. The van der Waals surface area contributed by atoms with Crippen molar-refractivity contribution in [2.75, 3.05) is 0 Å². The van der Waals surface area contributed by atoms with Gasteiger partial charge in [0.15, 0.2) is 0 Å². The minimum absolute atomic E-state index is 0.434. The first-order chi connectivity index (χ1) is 8.77. The van der Waals surface area contributed by atoms with Gasteiger partial charge in [-0.15, -0.1) is 0 Å². The number of rotatable bonds is 2. The second kappa shape index (κ2) is 4.00. The summed E-state index contributed by atoms with van der Waals surface area (Å²) in [6, 6.07) is 11.2. The van der Waals surface area contributed by atoms with Gasteiger partial charge >= 0.3 is 0 Å². The molecule has 3 rings (SSSR count). The first-order valence-electron chi connectivity index (χ1n) is 5.57. The Bertz CT molecular complexity index is 730. The Kier molecular flexibility index (Phi) is 2.34. The van der Waals surface area contributed by atoms with Crippen molar-refractivity contribution in [2.24, 2.45) is 5.73 Å². The molecule has 0 unspecified atom stereocenters. The lowest BCUT2D eigenvalue weighted by Gasteiger charge is -2.09. The molecule has 3 aromatic rings. The van der Waals surface area contributed by atoms with Crippen LogP contribution in [-0.2, 0) is 0 Å². The van der Waals surface area contributed by atoms with Crippen molar-refractivity contribution in [3.8, 4) is 5.69 Å². The van der Waals surface area contributed by atoms with Gasteiger partial charge in [0, 0.05) is 17.8 Å². The Labute approximate surface area is 104 Å². The second-order valence-electron chi connectivity index (χ2n) is 4.00. The van der Waals surface area contributed by atoms with E-state index < -0.39 is 5.91 Å². The lowest BCUT2D eigenvalue weighted by molar-refractivity contribution is 0.100. The van der Waals surface area contributed by atoms with E-state index in [0.29, 0.717) is 5.56 Å². The first-order valence-corrected chi connectivity index (χ1v) is 5.57. The number of carbonyl (C=O) groups excluding carboxylic acids is 1. The molecule has 0 bridgehead atoms. The van der Waals surface area contributed by atoms with E-state index in [9.17, 15) is 4.79 Å². The highest BCUT2D eigenvalue weighted by Crippen LogP contribution is 2.21. The molecular weight excluding hydrogens is 226 g/mol. The van der Waals surface area contributed by atoms with Crippen LogP contribution in [0.4, 0.5) is 0 Å². The smallest absolute Gasteiger partial charge is 0.250 e. The summed E-state index contributed by atoms with van der Waals surface area (Å²) in [4.78, 5) is 15.6. The van der Waals surface area contributed by atoms with E-state index in [1.165, 1.54) is 0 Å². The fourth-order valence-electron chi connectivity index (χ4n) is 2.08. The second-order valence-corrected chi connectivity index (χ2v) is 4.00. The lowest BCUT2D eigenvalue weighted by Crippen LogP contribution is -2.14. The summed E-state index contributed by atoms with van der Waals surface area (Å²) in [6.07, 6.45) is 5.42. The lowest BCUT2D eigenvalue weighted by atomic mass is 10.1. The Morgan fingerprint density at radius 3 is 2.83 bits per heavy atom. The number of aromatic nitrogens is 2. The van der Waals surface area contributed by atoms with Crippen LogP contribution in [0.3, 0.4) is 0 Å². The van der Waals surface area contributed by atoms with Crippen LogP contribution in [0.2, 0.25) is 0 Å². The topological polar surface area (TPSA) is 60.9 Å². The van der Waals surface area contributed by atoms with Gasteiger partial charge in [0.1, 0.15) is 0 Å². The van der Waals surface area contributed by atoms with Crippen molar-refractivity contribution >= 4 is 16.8 Å². The zero-order valence-electron chi connectivity index (χ0n) is 9.58. The predicted molar refractivity (Wildman–Crippen MR) is 69.6 cm³/mol. The minimum atomic E-state index is -0.434. The third kappa shape index (κ3) is 1.55. The summed E-state index contributed by atoms with van der Waals surface area (Å²) in [5.41, 5.74) is 7.62. The van der Waals surface area contributed by atoms with Crippen LogP contribution in [0.1, 0.15) is 10.4 Å². The highest BCUT2D eigenvalue weighted by molar-refractivity contribution is 5.97. The van der Waals surface area contributed by atoms with Crippen LogP contribution in [0.15, 0.2) is 55.0 Å². The molecule has 0 saturated heterocycles. The van der Waals surface area contributed by atoms with Gasteiger partial charge in [-0.3, -0.25) is 9.78 Å². The fraction of sp³-hybridized carbons (Fsp3) is 0. The normalized spacial score (nSPS) is 10.7. The van der Waals surface area contributed by atoms with Crippen molar-refractivity contribution in [1.82, 2.24) is 9.55 Å². The van der Waals surface area contributed by atoms with Crippen LogP contribution in [0.5, 0.6) is 0 Å². The van der Waals surface area contributed by atoms with E-state index in [4.69, 9.17) is 5.73 Å². The van der Waals surface area contributed by atoms with E-state index in [2.05, 4.69) is 4.98 Å². The molecule has 2 N–H and O–H groups in total. The predicted octanol–water partition coefficient (Wildman–Crippen LogP) is 2.12. The fourth-order valence-corrected chi connectivity index (χ4v) is 2.08. The molecule has 2 aromatic heterocycles. The molecule has 0 aliphatic heterocycles. The van der Waals surface area contributed by atoms with Crippen LogP contribution in [0, 0.1) is 0 Å². The number of nitrogens with two attached hydrogens (primary N) is 1. The van der Waals surface area contributed by atoms with Crippen molar-refractivity contribution in [2.45, 2.75) is 0 Å². The minimum Gasteiger partial charge on any atom is -0.366 e. The molecule has 2 heterocycles. The van der Waals surface area contributed by atoms with Gasteiger partial charge in [-0.2, -0.15) is 0 Å². The zero-order valence-corrected chi connectivity index (χ0v) is 9.58. The van der Waals surface area contributed by atoms with Crippen molar-refractivity contribution in [3.05, 3.63) is 60.6 Å². The number of fused-ring (bicyclic) bond motifs is 1. The summed E-state index contributed by atoms with van der Waals surface area (Å²) in [6.45, 7) is 0. The van der Waals surface area contributed by atoms with Crippen LogP contribution in [-0.4, -0.2) is 15.5 Å². The molecule has 0 spiro atoms. The van der Waals surface area contributed by atoms with Gasteiger partial charge in [0.25, 0.3) is 5.91 Å². The maximum absolute atomic E-state index is 11.4. The number of para-hydroxylation sites is 1. The molecule has 0 radical (unpaired) electrons. The molecule has 18 heavy (non-hydrogen) atoms. The average Bonchev–Trinajstić information content (AvgIpc) is 2.82. The SMILES string of the molecule is NC(=O)c1ccccc1-n1ccc2ccncc21. The third-order valence-electron chi connectivity index (χ3n) is 2.92. The first kappa shape index (κ1) is 10.5. The van der Waals surface area contributed by atoms with Crippen LogP contribution < -0.4 is 5.73 Å². The average molecular weight is 237 g/mol. The Morgan fingerprint density at radius 1 is 1.17 bits per heavy atom. The highest BCUT2D eigenvalue weighted by Gasteiger charge is 2.10. The standard InChI is InChI=1S/C14H11N3O/c15-14(18)11-3-1-2-4-12(11)17-8-6-10-5-7-16-9-13(10)17/h1-9H,(H2,15,18). The van der Waals surface area contributed by atoms with E-state index >= 15 is 0 Å². The Hall–Kier alpha value is -2.62. The molecule has 88 valence electrons. The number of amides is 1. The molecular formula is C14H11N3O. The number of carbonyl (C=O) groups is 1. The zero-order chi connectivity index (χ0) is 12.5. The van der Waals surface area contributed by atoms with E-state index in [1.54, 1.807) is 24.5 Å². The molecule has 0 atom stereocenters. The maximum Gasteiger partial charge on any atom is 0.250 e. The largest absolute Gasteiger partial charge is 0.366 e. The van der Waals surface area contributed by atoms with Gasteiger partial charge in [0.05, 0.1) is 23.0 Å². The summed E-state index contributed by atoms with van der Waals surface area (Å²) in [7, 11) is 0. The van der Waals surface area contributed by atoms with Crippen molar-refractivity contribution in [3.63, 3.8) is 0 Å². The molecule has 0 saturated carbocycles. The quantitative estimate of drug-likeness (QED) is 0.742. The van der Waals surface area contributed by atoms with E-state index in [0.717, 1.165) is 16.6 Å². The highest BCUT2D eigenvalue weighted by atomic mass is 16.1. The van der Waals surface area contributed by atoms with Gasteiger partial charge in [0.2, 0.25) is 0 Å². The molecule has 0 aliphatic rings. The van der Waals surface area contributed by atoms with Gasteiger partial charge in [-0.25, -0.2) is 0 Å². The van der Waals surface area contributed by atoms with Crippen molar-refractivity contribution in [1.29, 1.82) is 0 Å². The van der Waals surface area contributed by atoms with Gasteiger partial charge < -0.3 is 10.3 Å². The number of nitrogens with zero attached hydrogens (tertiary/aromatic N) is 2. The third-order valence-corrected chi connectivity index (χ3v) is 2.92.